The fraction of sp³-hybridized carbons (Fsp3) is 1.00. The Morgan fingerprint density at radius 3 is 2.88 bits per heavy atom. The smallest absolute Gasteiger partial charge is 0.0565 e. The normalized spacial score (nSPS) is 42.2. The van der Waals surface area contributed by atoms with Crippen molar-refractivity contribution in [3.8, 4) is 0 Å². The quantitative estimate of drug-likeness (QED) is 0.777. The van der Waals surface area contributed by atoms with E-state index in [4.69, 9.17) is 10.5 Å². The molecule has 3 nitrogen and oxygen atoms in total. The summed E-state index contributed by atoms with van der Waals surface area (Å²) in [6, 6.07) is 0. The van der Waals surface area contributed by atoms with Crippen LogP contribution in [0.25, 0.3) is 0 Å². The van der Waals surface area contributed by atoms with Crippen molar-refractivity contribution in [1.29, 1.82) is 0 Å². The van der Waals surface area contributed by atoms with Gasteiger partial charge in [-0.05, 0) is 45.1 Å². The third-order valence-corrected chi connectivity index (χ3v) is 4.35. The molecule has 2 fully saturated rings. The topological polar surface area (TPSA) is 38.5 Å². The summed E-state index contributed by atoms with van der Waals surface area (Å²) in [5.41, 5.74) is 6.31. The van der Waals surface area contributed by atoms with Crippen LogP contribution in [0.1, 0.15) is 39.5 Å². The summed E-state index contributed by atoms with van der Waals surface area (Å²) >= 11 is 0. The number of likely N-dealkylation sites (tertiary alicyclic amines) is 1. The third-order valence-electron chi connectivity index (χ3n) is 4.35. The number of ether oxygens (including phenoxy) is 1. The van der Waals surface area contributed by atoms with E-state index in [1.165, 1.54) is 25.9 Å². The lowest BCUT2D eigenvalue weighted by Gasteiger charge is -2.50. The van der Waals surface area contributed by atoms with Gasteiger partial charge in [0.25, 0.3) is 0 Å². The van der Waals surface area contributed by atoms with Crippen LogP contribution in [0.15, 0.2) is 0 Å². The van der Waals surface area contributed by atoms with Crippen LogP contribution in [0, 0.1) is 5.92 Å². The molecule has 3 atom stereocenters. The van der Waals surface area contributed by atoms with Gasteiger partial charge in [0.05, 0.1) is 6.10 Å². The first-order valence-corrected chi connectivity index (χ1v) is 6.73. The van der Waals surface area contributed by atoms with Crippen LogP contribution in [-0.4, -0.2) is 42.8 Å². The molecule has 2 N–H and O–H groups in total. The van der Waals surface area contributed by atoms with Gasteiger partial charge in [0.1, 0.15) is 0 Å². The van der Waals surface area contributed by atoms with Gasteiger partial charge in [-0.15, -0.1) is 0 Å². The summed E-state index contributed by atoms with van der Waals surface area (Å²) in [6.07, 6.45) is 5.30. The van der Waals surface area contributed by atoms with Gasteiger partial charge in [0.2, 0.25) is 0 Å². The Morgan fingerprint density at radius 2 is 2.25 bits per heavy atom. The Labute approximate surface area is 99.3 Å². The number of piperidine rings is 1. The molecule has 0 bridgehead atoms. The van der Waals surface area contributed by atoms with Crippen molar-refractivity contribution in [2.75, 3.05) is 26.2 Å². The summed E-state index contributed by atoms with van der Waals surface area (Å²) in [5.74, 6) is 0.829. The van der Waals surface area contributed by atoms with Gasteiger partial charge < -0.3 is 10.5 Å². The molecule has 2 heterocycles. The van der Waals surface area contributed by atoms with Gasteiger partial charge in [-0.3, -0.25) is 4.90 Å². The van der Waals surface area contributed by atoms with E-state index in [0.717, 1.165) is 31.9 Å². The second-order valence-corrected chi connectivity index (χ2v) is 5.76. The molecule has 16 heavy (non-hydrogen) atoms. The van der Waals surface area contributed by atoms with Gasteiger partial charge in [-0.25, -0.2) is 0 Å². The minimum absolute atomic E-state index is 0.229. The molecule has 0 spiro atoms. The molecule has 2 aliphatic heterocycles. The van der Waals surface area contributed by atoms with Crippen LogP contribution >= 0.6 is 0 Å². The Kier molecular flexibility index (Phi) is 3.88. The van der Waals surface area contributed by atoms with Crippen molar-refractivity contribution >= 4 is 0 Å². The van der Waals surface area contributed by atoms with E-state index in [9.17, 15) is 0 Å². The number of nitrogens with zero attached hydrogens (tertiary/aromatic N) is 1. The van der Waals surface area contributed by atoms with Crippen molar-refractivity contribution in [1.82, 2.24) is 4.90 Å². The fourth-order valence-corrected chi connectivity index (χ4v) is 3.37. The highest BCUT2D eigenvalue weighted by Gasteiger charge is 2.40. The molecule has 3 heteroatoms. The second-order valence-electron chi connectivity index (χ2n) is 5.76. The van der Waals surface area contributed by atoms with E-state index in [1.54, 1.807) is 0 Å². The highest BCUT2D eigenvalue weighted by atomic mass is 16.5. The molecule has 0 radical (unpaired) electrons. The van der Waals surface area contributed by atoms with Gasteiger partial charge in [-0.1, -0.05) is 6.92 Å². The first-order valence-electron chi connectivity index (χ1n) is 6.73. The van der Waals surface area contributed by atoms with Crippen LogP contribution in [0.3, 0.4) is 0 Å². The molecule has 94 valence electrons. The van der Waals surface area contributed by atoms with E-state index in [2.05, 4.69) is 18.7 Å². The molecule has 2 rings (SSSR count). The molecule has 0 aromatic rings. The molecule has 3 unspecified atom stereocenters. The summed E-state index contributed by atoms with van der Waals surface area (Å²) in [7, 11) is 0. The number of nitrogens with two attached hydrogens (primary N) is 1. The Morgan fingerprint density at radius 1 is 1.44 bits per heavy atom. The molecule has 0 saturated carbocycles. The van der Waals surface area contributed by atoms with Crippen LogP contribution in [0.4, 0.5) is 0 Å². The molecule has 0 aliphatic carbocycles. The molecule has 2 saturated heterocycles. The lowest BCUT2D eigenvalue weighted by Crippen LogP contribution is -2.60. The first-order chi connectivity index (χ1) is 7.66. The predicted molar refractivity (Wildman–Crippen MR) is 66.4 cm³/mol. The zero-order valence-electron chi connectivity index (χ0n) is 10.7. The standard InChI is InChI=1S/C13H26N2O/c1-11-4-3-6-15(9-11)13(10-14)5-7-16-12(2)8-13/h11-12H,3-10,14H2,1-2H3. The van der Waals surface area contributed by atoms with Gasteiger partial charge >= 0.3 is 0 Å². The Bertz CT molecular complexity index is 234. The SMILES string of the molecule is CC1CCCN(C2(CN)CCOC(C)C2)C1. The lowest BCUT2D eigenvalue weighted by molar-refractivity contribution is -0.0737. The number of hydrogen-bond acceptors (Lipinski definition) is 3. The van der Waals surface area contributed by atoms with E-state index in [1.807, 2.05) is 0 Å². The Hall–Kier alpha value is -0.120. The first kappa shape index (κ1) is 12.3. The highest BCUT2D eigenvalue weighted by Crippen LogP contribution is 2.33. The van der Waals surface area contributed by atoms with Crippen LogP contribution in [-0.2, 0) is 4.74 Å². The van der Waals surface area contributed by atoms with E-state index in [-0.39, 0.29) is 5.54 Å². The largest absolute Gasteiger partial charge is 0.378 e. The van der Waals surface area contributed by atoms with Crippen molar-refractivity contribution in [3.63, 3.8) is 0 Å². The maximum absolute atomic E-state index is 6.08. The van der Waals surface area contributed by atoms with E-state index in [0.29, 0.717) is 6.10 Å². The summed E-state index contributed by atoms with van der Waals surface area (Å²) < 4.78 is 5.67. The summed E-state index contributed by atoms with van der Waals surface area (Å²) in [6.45, 7) is 8.66. The summed E-state index contributed by atoms with van der Waals surface area (Å²) in [4.78, 5) is 2.65. The lowest BCUT2D eigenvalue weighted by atomic mass is 9.82. The average molecular weight is 226 g/mol. The van der Waals surface area contributed by atoms with E-state index >= 15 is 0 Å². The maximum atomic E-state index is 6.08. The maximum Gasteiger partial charge on any atom is 0.0565 e. The van der Waals surface area contributed by atoms with Crippen LogP contribution in [0.2, 0.25) is 0 Å². The third kappa shape index (κ3) is 2.41. The monoisotopic (exact) mass is 226 g/mol. The average Bonchev–Trinajstić information content (AvgIpc) is 2.29. The van der Waals surface area contributed by atoms with Gasteiger partial charge in [0, 0.05) is 25.2 Å². The van der Waals surface area contributed by atoms with Crippen molar-refractivity contribution in [2.45, 2.75) is 51.2 Å². The summed E-state index contributed by atoms with van der Waals surface area (Å²) in [5, 5.41) is 0. The van der Waals surface area contributed by atoms with Crippen molar-refractivity contribution in [2.24, 2.45) is 11.7 Å². The predicted octanol–water partition coefficient (Wildman–Crippen LogP) is 1.61. The molecule has 0 amide bonds. The molecule has 0 aromatic carbocycles. The highest BCUT2D eigenvalue weighted by molar-refractivity contribution is 4.97. The van der Waals surface area contributed by atoms with E-state index < -0.39 is 0 Å². The van der Waals surface area contributed by atoms with Crippen LogP contribution in [0.5, 0.6) is 0 Å². The fourth-order valence-electron chi connectivity index (χ4n) is 3.37. The molecular weight excluding hydrogens is 200 g/mol. The second kappa shape index (κ2) is 5.03. The minimum Gasteiger partial charge on any atom is -0.378 e. The number of rotatable bonds is 2. The van der Waals surface area contributed by atoms with Crippen LogP contribution < -0.4 is 5.73 Å². The van der Waals surface area contributed by atoms with Gasteiger partial charge in [0.15, 0.2) is 0 Å². The van der Waals surface area contributed by atoms with Crippen molar-refractivity contribution < 1.29 is 4.74 Å². The zero-order valence-corrected chi connectivity index (χ0v) is 10.7. The molecular formula is C13H26N2O. The Balaban J connectivity index is 2.07. The minimum atomic E-state index is 0.229. The molecule has 0 aromatic heterocycles. The van der Waals surface area contributed by atoms with Crippen molar-refractivity contribution in [3.05, 3.63) is 0 Å². The van der Waals surface area contributed by atoms with Gasteiger partial charge in [-0.2, -0.15) is 0 Å². The zero-order chi connectivity index (χ0) is 11.6. The number of hydrogen-bond donors (Lipinski definition) is 1. The molecule has 2 aliphatic rings.